The molecule has 1 heterocycles. The molecule has 2 aromatic rings. The van der Waals surface area contributed by atoms with E-state index in [0.29, 0.717) is 13.2 Å². The van der Waals surface area contributed by atoms with Crippen molar-refractivity contribution in [3.05, 3.63) is 45.4 Å². The lowest BCUT2D eigenvalue weighted by Gasteiger charge is -2.14. The fourth-order valence-electron chi connectivity index (χ4n) is 3.30. The highest BCUT2D eigenvalue weighted by Gasteiger charge is 2.14. The van der Waals surface area contributed by atoms with E-state index in [0.717, 1.165) is 36.7 Å². The van der Waals surface area contributed by atoms with Gasteiger partial charge in [0.1, 0.15) is 5.75 Å². The molecule has 0 saturated carbocycles. The second-order valence-corrected chi connectivity index (χ2v) is 7.85. The lowest BCUT2D eigenvalue weighted by Crippen LogP contribution is -2.37. The van der Waals surface area contributed by atoms with Gasteiger partial charge in [-0.2, -0.15) is 0 Å². The Balaban J connectivity index is 1.41. The zero-order chi connectivity index (χ0) is 18.9. The van der Waals surface area contributed by atoms with Gasteiger partial charge in [0.05, 0.1) is 17.3 Å². The minimum Gasteiger partial charge on any atom is -0.494 e. The lowest BCUT2D eigenvalue weighted by atomic mass is 10.0. The summed E-state index contributed by atoms with van der Waals surface area (Å²) in [5.41, 5.74) is 2.50. The summed E-state index contributed by atoms with van der Waals surface area (Å²) in [6.45, 7) is 4.25. The van der Waals surface area contributed by atoms with Crippen molar-refractivity contribution >= 4 is 17.3 Å². The zero-order valence-corrected chi connectivity index (χ0v) is 17.2. The SMILES string of the molecule is CCOc1ccccc1CNC(=NC)NCCCc1nc2c(s1)CCCC2. The van der Waals surface area contributed by atoms with Crippen LogP contribution in [0, 0.1) is 0 Å². The van der Waals surface area contributed by atoms with E-state index in [2.05, 4.69) is 21.7 Å². The van der Waals surface area contributed by atoms with E-state index >= 15 is 0 Å². The maximum absolute atomic E-state index is 5.68. The number of para-hydroxylation sites is 1. The Bertz CT molecular complexity index is 733. The van der Waals surface area contributed by atoms with Crippen LogP contribution >= 0.6 is 11.3 Å². The van der Waals surface area contributed by atoms with Gasteiger partial charge in [0, 0.05) is 37.0 Å². The molecule has 1 aliphatic carbocycles. The van der Waals surface area contributed by atoms with Crippen molar-refractivity contribution in [1.82, 2.24) is 15.6 Å². The highest BCUT2D eigenvalue weighted by atomic mass is 32.1. The van der Waals surface area contributed by atoms with Crippen molar-refractivity contribution in [1.29, 1.82) is 0 Å². The molecular formula is C21H30N4OS. The number of guanidine groups is 1. The largest absolute Gasteiger partial charge is 0.494 e. The number of nitrogens with one attached hydrogen (secondary N) is 2. The lowest BCUT2D eigenvalue weighted by molar-refractivity contribution is 0.336. The summed E-state index contributed by atoms with van der Waals surface area (Å²) in [6.07, 6.45) is 7.11. The van der Waals surface area contributed by atoms with Gasteiger partial charge in [0.15, 0.2) is 5.96 Å². The Morgan fingerprint density at radius 1 is 1.22 bits per heavy atom. The first kappa shape index (κ1) is 19.7. The van der Waals surface area contributed by atoms with Crippen LogP contribution < -0.4 is 15.4 Å². The normalized spacial score (nSPS) is 13.9. The molecule has 6 heteroatoms. The number of aromatic nitrogens is 1. The molecule has 0 bridgehead atoms. The molecule has 0 fully saturated rings. The van der Waals surface area contributed by atoms with Gasteiger partial charge in [-0.1, -0.05) is 18.2 Å². The molecule has 0 saturated heterocycles. The molecule has 1 aromatic heterocycles. The van der Waals surface area contributed by atoms with Crippen LogP contribution in [-0.2, 0) is 25.8 Å². The van der Waals surface area contributed by atoms with Crippen molar-refractivity contribution in [2.75, 3.05) is 20.2 Å². The first-order valence-corrected chi connectivity index (χ1v) is 10.7. The topological polar surface area (TPSA) is 58.5 Å². The Morgan fingerprint density at radius 3 is 2.89 bits per heavy atom. The number of rotatable bonds is 8. The van der Waals surface area contributed by atoms with Gasteiger partial charge in [-0.05, 0) is 45.1 Å². The zero-order valence-electron chi connectivity index (χ0n) is 16.4. The predicted octanol–water partition coefficient (Wildman–Crippen LogP) is 3.72. The highest BCUT2D eigenvalue weighted by molar-refractivity contribution is 7.11. The molecule has 0 unspecified atom stereocenters. The summed E-state index contributed by atoms with van der Waals surface area (Å²) in [4.78, 5) is 10.7. The number of nitrogens with zero attached hydrogens (tertiary/aromatic N) is 2. The maximum atomic E-state index is 5.68. The van der Waals surface area contributed by atoms with Gasteiger partial charge in [-0.15, -0.1) is 11.3 Å². The third kappa shape index (κ3) is 5.70. The number of fused-ring (bicyclic) bond motifs is 1. The summed E-state index contributed by atoms with van der Waals surface area (Å²) in [5.74, 6) is 1.75. The first-order valence-electron chi connectivity index (χ1n) is 9.92. The van der Waals surface area contributed by atoms with Gasteiger partial charge < -0.3 is 15.4 Å². The second kappa shape index (κ2) is 10.3. The van der Waals surface area contributed by atoms with Crippen LogP contribution in [-0.4, -0.2) is 31.1 Å². The van der Waals surface area contributed by atoms with Crippen molar-refractivity contribution in [3.8, 4) is 5.75 Å². The summed E-state index contributed by atoms with van der Waals surface area (Å²) >= 11 is 1.92. The number of aliphatic imine (C=N–C) groups is 1. The smallest absolute Gasteiger partial charge is 0.191 e. The van der Waals surface area contributed by atoms with E-state index in [1.165, 1.54) is 41.3 Å². The van der Waals surface area contributed by atoms with E-state index in [-0.39, 0.29) is 0 Å². The van der Waals surface area contributed by atoms with Crippen molar-refractivity contribution in [2.24, 2.45) is 4.99 Å². The van der Waals surface area contributed by atoms with Gasteiger partial charge in [0.25, 0.3) is 0 Å². The minimum absolute atomic E-state index is 0.671. The summed E-state index contributed by atoms with van der Waals surface area (Å²) in [5, 5.41) is 8.06. The summed E-state index contributed by atoms with van der Waals surface area (Å²) < 4.78 is 5.68. The molecule has 2 N–H and O–H groups in total. The van der Waals surface area contributed by atoms with E-state index in [9.17, 15) is 0 Å². The summed E-state index contributed by atoms with van der Waals surface area (Å²) in [7, 11) is 1.80. The van der Waals surface area contributed by atoms with Crippen molar-refractivity contribution in [3.63, 3.8) is 0 Å². The highest BCUT2D eigenvalue weighted by Crippen LogP contribution is 2.27. The van der Waals surface area contributed by atoms with Crippen molar-refractivity contribution in [2.45, 2.75) is 52.0 Å². The molecule has 5 nitrogen and oxygen atoms in total. The molecule has 0 atom stereocenters. The van der Waals surface area contributed by atoms with Crippen LogP contribution in [0.4, 0.5) is 0 Å². The number of benzene rings is 1. The van der Waals surface area contributed by atoms with Crippen LogP contribution in [0.2, 0.25) is 0 Å². The van der Waals surface area contributed by atoms with E-state index in [4.69, 9.17) is 9.72 Å². The molecule has 3 rings (SSSR count). The van der Waals surface area contributed by atoms with Gasteiger partial charge in [0.2, 0.25) is 0 Å². The monoisotopic (exact) mass is 386 g/mol. The second-order valence-electron chi connectivity index (χ2n) is 6.68. The number of ether oxygens (including phenoxy) is 1. The molecular weight excluding hydrogens is 356 g/mol. The van der Waals surface area contributed by atoms with Gasteiger partial charge in [-0.3, -0.25) is 4.99 Å². The molecule has 1 aliphatic rings. The molecule has 27 heavy (non-hydrogen) atoms. The Hall–Kier alpha value is -2.08. The predicted molar refractivity (Wildman–Crippen MR) is 113 cm³/mol. The quantitative estimate of drug-likeness (QED) is 0.412. The van der Waals surface area contributed by atoms with Crippen molar-refractivity contribution < 1.29 is 4.74 Å². The van der Waals surface area contributed by atoms with E-state index in [1.807, 2.05) is 36.5 Å². The Kier molecular flexibility index (Phi) is 7.51. The molecule has 146 valence electrons. The maximum Gasteiger partial charge on any atom is 0.191 e. The Labute approximate surface area is 166 Å². The van der Waals surface area contributed by atoms with Crippen LogP contribution in [0.25, 0.3) is 0 Å². The fourth-order valence-corrected chi connectivity index (χ4v) is 4.50. The number of aryl methyl sites for hydroxylation is 3. The Morgan fingerprint density at radius 2 is 2.07 bits per heavy atom. The molecule has 0 radical (unpaired) electrons. The average molecular weight is 387 g/mol. The number of hydrogen-bond donors (Lipinski definition) is 2. The summed E-state index contributed by atoms with van der Waals surface area (Å²) in [6, 6.07) is 8.11. The standard InChI is InChI=1S/C21H30N4OS/c1-3-26-18-11-6-4-9-16(18)15-24-21(22-2)23-14-8-13-20-25-17-10-5-7-12-19(17)27-20/h4,6,9,11H,3,5,7-8,10,12-15H2,1-2H3,(H2,22,23,24). The number of thiazole rings is 1. The molecule has 0 spiro atoms. The van der Waals surface area contributed by atoms with E-state index in [1.54, 1.807) is 7.05 Å². The molecule has 1 aromatic carbocycles. The van der Waals surface area contributed by atoms with Crippen LogP contribution in [0.1, 0.15) is 47.3 Å². The van der Waals surface area contributed by atoms with Crippen LogP contribution in [0.3, 0.4) is 0 Å². The minimum atomic E-state index is 0.671. The van der Waals surface area contributed by atoms with Crippen LogP contribution in [0.15, 0.2) is 29.3 Å². The first-order chi connectivity index (χ1) is 13.3. The molecule has 0 amide bonds. The third-order valence-electron chi connectivity index (χ3n) is 4.69. The molecule has 0 aliphatic heterocycles. The van der Waals surface area contributed by atoms with Gasteiger partial charge in [-0.25, -0.2) is 4.98 Å². The third-order valence-corrected chi connectivity index (χ3v) is 5.91. The number of hydrogen-bond acceptors (Lipinski definition) is 4. The average Bonchev–Trinajstić information content (AvgIpc) is 3.11. The van der Waals surface area contributed by atoms with Gasteiger partial charge >= 0.3 is 0 Å². The van der Waals surface area contributed by atoms with E-state index < -0.39 is 0 Å². The van der Waals surface area contributed by atoms with Crippen LogP contribution in [0.5, 0.6) is 5.75 Å². The fraction of sp³-hybridized carbons (Fsp3) is 0.524.